The van der Waals surface area contributed by atoms with Crippen LogP contribution in [0.4, 0.5) is 4.79 Å². The number of carbonyl (C=O) groups is 2. The van der Waals surface area contributed by atoms with E-state index in [1.54, 1.807) is 0 Å². The molecule has 0 radical (unpaired) electrons. The Morgan fingerprint density at radius 1 is 1.20 bits per heavy atom. The third-order valence-corrected chi connectivity index (χ3v) is 4.40. The minimum absolute atomic E-state index is 0.179. The fourth-order valence-electron chi connectivity index (χ4n) is 2.94. The van der Waals surface area contributed by atoms with E-state index in [0.717, 1.165) is 38.4 Å². The summed E-state index contributed by atoms with van der Waals surface area (Å²) in [5.74, 6) is -0.432. The molecule has 112 valence electrons. The first-order valence-corrected chi connectivity index (χ1v) is 7.63. The molecule has 0 aromatic rings. The van der Waals surface area contributed by atoms with E-state index in [9.17, 15) is 9.59 Å². The number of hydrogen-bond donors (Lipinski definition) is 2. The van der Waals surface area contributed by atoms with Crippen molar-refractivity contribution in [3.8, 4) is 0 Å². The number of amides is 2. The number of carboxylic acids is 1. The summed E-state index contributed by atoms with van der Waals surface area (Å²) < 4.78 is 0. The van der Waals surface area contributed by atoms with Crippen LogP contribution >= 0.6 is 0 Å². The molecule has 1 aliphatic heterocycles. The first kappa shape index (κ1) is 13.7. The summed E-state index contributed by atoms with van der Waals surface area (Å²) in [4.78, 5) is 27.0. The average Bonchev–Trinajstić information content (AvgIpc) is 3.30. The molecule has 0 bridgehead atoms. The van der Waals surface area contributed by atoms with Gasteiger partial charge in [-0.15, -0.1) is 0 Å². The van der Waals surface area contributed by atoms with Crippen molar-refractivity contribution in [1.29, 1.82) is 0 Å². The summed E-state index contributed by atoms with van der Waals surface area (Å²) in [6.07, 6.45) is 5.78. The molecule has 3 fully saturated rings. The number of aliphatic carboxylic acids is 1. The van der Waals surface area contributed by atoms with Gasteiger partial charge in [0.2, 0.25) is 0 Å². The van der Waals surface area contributed by atoms with Crippen LogP contribution in [0.25, 0.3) is 0 Å². The Labute approximate surface area is 119 Å². The van der Waals surface area contributed by atoms with E-state index in [-0.39, 0.29) is 18.6 Å². The molecule has 0 aromatic carbocycles. The molecule has 3 rings (SSSR count). The fraction of sp³-hybridized carbons (Fsp3) is 0.857. The third-order valence-electron chi connectivity index (χ3n) is 4.40. The molecule has 2 aliphatic carbocycles. The van der Waals surface area contributed by atoms with E-state index in [4.69, 9.17) is 5.11 Å². The van der Waals surface area contributed by atoms with Gasteiger partial charge in [-0.1, -0.05) is 0 Å². The highest BCUT2D eigenvalue weighted by Crippen LogP contribution is 2.31. The lowest BCUT2D eigenvalue weighted by atomic mass is 10.2. The first-order chi connectivity index (χ1) is 9.61. The second kappa shape index (κ2) is 5.60. The van der Waals surface area contributed by atoms with Crippen LogP contribution in [0.15, 0.2) is 0 Å². The molecule has 1 atom stereocenters. The second-order valence-electron chi connectivity index (χ2n) is 6.38. The molecule has 1 unspecified atom stereocenters. The lowest BCUT2D eigenvalue weighted by Crippen LogP contribution is -2.48. The number of carboxylic acid groups (broad SMARTS) is 1. The van der Waals surface area contributed by atoms with Gasteiger partial charge in [-0.2, -0.15) is 0 Å². The molecule has 3 aliphatic rings. The van der Waals surface area contributed by atoms with Crippen molar-refractivity contribution < 1.29 is 14.7 Å². The van der Waals surface area contributed by atoms with Crippen LogP contribution in [-0.4, -0.2) is 65.2 Å². The Morgan fingerprint density at radius 2 is 1.95 bits per heavy atom. The molecule has 0 aromatic heterocycles. The van der Waals surface area contributed by atoms with Gasteiger partial charge in [0.15, 0.2) is 0 Å². The Morgan fingerprint density at radius 3 is 2.55 bits per heavy atom. The van der Waals surface area contributed by atoms with Crippen LogP contribution in [0.5, 0.6) is 0 Å². The highest BCUT2D eigenvalue weighted by Gasteiger charge is 2.36. The van der Waals surface area contributed by atoms with Crippen LogP contribution in [0, 0.1) is 5.92 Å². The van der Waals surface area contributed by atoms with Crippen LogP contribution in [0.2, 0.25) is 0 Å². The number of likely N-dealkylation sites (tertiary alicyclic amines) is 1. The number of rotatable bonds is 6. The van der Waals surface area contributed by atoms with Gasteiger partial charge >= 0.3 is 12.0 Å². The number of nitrogens with one attached hydrogen (secondary N) is 1. The van der Waals surface area contributed by atoms with E-state index in [2.05, 4.69) is 10.2 Å². The zero-order valence-corrected chi connectivity index (χ0v) is 11.8. The summed E-state index contributed by atoms with van der Waals surface area (Å²) in [5.41, 5.74) is 0. The van der Waals surface area contributed by atoms with E-state index in [1.165, 1.54) is 17.7 Å². The van der Waals surface area contributed by atoms with Crippen molar-refractivity contribution in [2.24, 2.45) is 5.92 Å². The molecule has 0 spiro atoms. The third kappa shape index (κ3) is 3.62. The maximum absolute atomic E-state index is 12.2. The van der Waals surface area contributed by atoms with Gasteiger partial charge in [-0.05, 0) is 38.0 Å². The predicted molar refractivity (Wildman–Crippen MR) is 73.5 cm³/mol. The monoisotopic (exact) mass is 281 g/mol. The zero-order valence-electron chi connectivity index (χ0n) is 11.8. The van der Waals surface area contributed by atoms with Gasteiger partial charge in [0.05, 0.1) is 0 Å². The van der Waals surface area contributed by atoms with E-state index >= 15 is 0 Å². The standard InChI is InChI=1S/C14H23N3O3/c18-13(19)9-17(7-10-1-2-10)14(20)15-11-5-6-16(8-11)12-3-4-12/h10-12H,1-9H2,(H,15,20)(H,18,19). The van der Waals surface area contributed by atoms with E-state index in [0.29, 0.717) is 12.5 Å². The molecule has 2 saturated carbocycles. The second-order valence-corrected chi connectivity index (χ2v) is 6.38. The van der Waals surface area contributed by atoms with Gasteiger partial charge in [-0.25, -0.2) is 4.79 Å². The molecule has 2 N–H and O–H groups in total. The van der Waals surface area contributed by atoms with E-state index < -0.39 is 5.97 Å². The van der Waals surface area contributed by atoms with Crippen molar-refractivity contribution in [3.05, 3.63) is 0 Å². The molecular weight excluding hydrogens is 258 g/mol. The summed E-state index contributed by atoms with van der Waals surface area (Å²) in [7, 11) is 0. The quantitative estimate of drug-likeness (QED) is 0.753. The maximum Gasteiger partial charge on any atom is 0.323 e. The predicted octanol–water partition coefficient (Wildman–Crippen LogP) is 0.729. The lowest BCUT2D eigenvalue weighted by molar-refractivity contribution is -0.137. The van der Waals surface area contributed by atoms with Crippen LogP contribution in [0.1, 0.15) is 32.1 Å². The Bertz CT molecular complexity index is 393. The van der Waals surface area contributed by atoms with Crippen molar-refractivity contribution in [2.45, 2.75) is 44.2 Å². The highest BCUT2D eigenvalue weighted by molar-refractivity contribution is 5.80. The number of hydrogen-bond acceptors (Lipinski definition) is 3. The highest BCUT2D eigenvalue weighted by atomic mass is 16.4. The average molecular weight is 281 g/mol. The largest absolute Gasteiger partial charge is 0.480 e. The van der Waals surface area contributed by atoms with Crippen LogP contribution < -0.4 is 5.32 Å². The van der Waals surface area contributed by atoms with Crippen molar-refractivity contribution in [3.63, 3.8) is 0 Å². The van der Waals surface area contributed by atoms with Gasteiger partial charge < -0.3 is 15.3 Å². The molecular formula is C14H23N3O3. The number of urea groups is 1. The zero-order chi connectivity index (χ0) is 14.1. The summed E-state index contributed by atoms with van der Waals surface area (Å²) in [6, 6.07) is 0.707. The van der Waals surface area contributed by atoms with Gasteiger partial charge in [0, 0.05) is 31.7 Å². The van der Waals surface area contributed by atoms with Gasteiger partial charge in [-0.3, -0.25) is 9.69 Å². The molecule has 6 heteroatoms. The van der Waals surface area contributed by atoms with Crippen molar-refractivity contribution in [2.75, 3.05) is 26.2 Å². The topological polar surface area (TPSA) is 72.9 Å². The Hall–Kier alpha value is -1.30. The van der Waals surface area contributed by atoms with E-state index in [1.807, 2.05) is 0 Å². The maximum atomic E-state index is 12.2. The fourth-order valence-corrected chi connectivity index (χ4v) is 2.94. The minimum Gasteiger partial charge on any atom is -0.480 e. The molecule has 20 heavy (non-hydrogen) atoms. The van der Waals surface area contributed by atoms with Crippen LogP contribution in [-0.2, 0) is 4.79 Å². The Kier molecular flexibility index (Phi) is 3.83. The molecule has 1 heterocycles. The minimum atomic E-state index is -0.938. The molecule has 6 nitrogen and oxygen atoms in total. The summed E-state index contributed by atoms with van der Waals surface area (Å²) >= 11 is 0. The molecule has 2 amide bonds. The summed E-state index contributed by atoms with van der Waals surface area (Å²) in [5, 5.41) is 11.9. The van der Waals surface area contributed by atoms with Gasteiger partial charge in [0.1, 0.15) is 6.54 Å². The summed E-state index contributed by atoms with van der Waals surface area (Å²) in [6.45, 7) is 2.36. The Balaban J connectivity index is 1.48. The SMILES string of the molecule is O=C(O)CN(CC1CC1)C(=O)NC1CCN(C2CC2)C1. The van der Waals surface area contributed by atoms with Gasteiger partial charge in [0.25, 0.3) is 0 Å². The number of carbonyl (C=O) groups excluding carboxylic acids is 1. The normalized spacial score (nSPS) is 26.5. The lowest BCUT2D eigenvalue weighted by Gasteiger charge is -2.23. The van der Waals surface area contributed by atoms with Crippen LogP contribution in [0.3, 0.4) is 0 Å². The first-order valence-electron chi connectivity index (χ1n) is 7.63. The van der Waals surface area contributed by atoms with Crippen molar-refractivity contribution in [1.82, 2.24) is 15.1 Å². The van der Waals surface area contributed by atoms with Crippen molar-refractivity contribution >= 4 is 12.0 Å². The smallest absolute Gasteiger partial charge is 0.323 e. The molecule has 1 saturated heterocycles. The number of nitrogens with zero attached hydrogens (tertiary/aromatic N) is 2.